The van der Waals surface area contributed by atoms with Crippen LogP contribution >= 0.6 is 0 Å². The number of anilines is 1. The topological polar surface area (TPSA) is 112 Å². The molecule has 1 amide bonds. The van der Waals surface area contributed by atoms with Gasteiger partial charge < -0.3 is 20.8 Å². The van der Waals surface area contributed by atoms with Crippen LogP contribution in [0.15, 0.2) is 54.7 Å². The SMILES string of the molecule is Cc1cc(-c2cnc3c(NCC(C)(C)O)cc(-c4ccccc4CO)nn23)ccc1C(=O)NC1CC1. The lowest BCUT2D eigenvalue weighted by Crippen LogP contribution is -2.29. The van der Waals surface area contributed by atoms with E-state index >= 15 is 0 Å². The molecule has 8 heteroatoms. The van der Waals surface area contributed by atoms with E-state index in [2.05, 4.69) is 15.6 Å². The number of hydrogen-bond acceptors (Lipinski definition) is 6. The summed E-state index contributed by atoms with van der Waals surface area (Å²) in [6.45, 7) is 5.62. The van der Waals surface area contributed by atoms with Crippen molar-refractivity contribution in [1.82, 2.24) is 19.9 Å². The maximum atomic E-state index is 12.6. The zero-order valence-electron chi connectivity index (χ0n) is 20.7. The molecule has 2 heterocycles. The van der Waals surface area contributed by atoms with E-state index in [0.717, 1.165) is 46.5 Å². The van der Waals surface area contributed by atoms with Crippen LogP contribution in [0.25, 0.3) is 28.2 Å². The summed E-state index contributed by atoms with van der Waals surface area (Å²) >= 11 is 0. The first kappa shape index (κ1) is 24.0. The Balaban J connectivity index is 1.61. The number of aliphatic hydroxyl groups is 2. The van der Waals surface area contributed by atoms with Gasteiger partial charge in [-0.15, -0.1) is 0 Å². The van der Waals surface area contributed by atoms with Crippen LogP contribution in [0.5, 0.6) is 0 Å². The summed E-state index contributed by atoms with van der Waals surface area (Å²) in [6.07, 6.45) is 3.85. The van der Waals surface area contributed by atoms with Gasteiger partial charge in [0, 0.05) is 29.3 Å². The Kier molecular flexibility index (Phi) is 6.24. The van der Waals surface area contributed by atoms with Crippen molar-refractivity contribution in [1.29, 1.82) is 0 Å². The number of imidazole rings is 1. The lowest BCUT2D eigenvalue weighted by atomic mass is 10.0. The number of aryl methyl sites for hydroxylation is 1. The molecule has 36 heavy (non-hydrogen) atoms. The van der Waals surface area contributed by atoms with Crippen LogP contribution in [0.2, 0.25) is 0 Å². The van der Waals surface area contributed by atoms with Gasteiger partial charge in [-0.3, -0.25) is 4.79 Å². The minimum absolute atomic E-state index is 0.0428. The number of carbonyl (C=O) groups is 1. The number of rotatable bonds is 8. The highest BCUT2D eigenvalue weighted by atomic mass is 16.3. The van der Waals surface area contributed by atoms with Crippen molar-refractivity contribution in [2.75, 3.05) is 11.9 Å². The molecular weight excluding hydrogens is 454 g/mol. The third-order valence-electron chi connectivity index (χ3n) is 6.32. The molecule has 0 unspecified atom stereocenters. The molecule has 2 aromatic heterocycles. The molecule has 1 aliphatic carbocycles. The lowest BCUT2D eigenvalue weighted by Gasteiger charge is -2.19. The third-order valence-corrected chi connectivity index (χ3v) is 6.32. The van der Waals surface area contributed by atoms with Crippen LogP contribution < -0.4 is 10.6 Å². The van der Waals surface area contributed by atoms with E-state index in [1.807, 2.05) is 55.5 Å². The Morgan fingerprint density at radius 2 is 1.94 bits per heavy atom. The average Bonchev–Trinajstić information content (AvgIpc) is 3.56. The monoisotopic (exact) mass is 485 g/mol. The number of nitrogens with zero attached hydrogens (tertiary/aromatic N) is 3. The van der Waals surface area contributed by atoms with E-state index in [0.29, 0.717) is 29.5 Å². The number of fused-ring (bicyclic) bond motifs is 1. The summed E-state index contributed by atoms with van der Waals surface area (Å²) in [6, 6.07) is 15.5. The van der Waals surface area contributed by atoms with Crippen LogP contribution in [0.3, 0.4) is 0 Å². The van der Waals surface area contributed by atoms with Crippen molar-refractivity contribution < 1.29 is 15.0 Å². The van der Waals surface area contributed by atoms with E-state index in [1.165, 1.54) is 0 Å². The second-order valence-corrected chi connectivity index (χ2v) is 10.1. The number of aromatic nitrogens is 3. The van der Waals surface area contributed by atoms with Crippen LogP contribution in [0.1, 0.15) is 48.2 Å². The number of amides is 1. The van der Waals surface area contributed by atoms with Gasteiger partial charge in [-0.2, -0.15) is 5.10 Å². The van der Waals surface area contributed by atoms with E-state index in [9.17, 15) is 15.0 Å². The number of nitrogens with one attached hydrogen (secondary N) is 2. The van der Waals surface area contributed by atoms with Crippen LogP contribution in [0.4, 0.5) is 5.69 Å². The average molecular weight is 486 g/mol. The largest absolute Gasteiger partial charge is 0.392 e. The molecule has 0 aliphatic heterocycles. The minimum Gasteiger partial charge on any atom is -0.392 e. The summed E-state index contributed by atoms with van der Waals surface area (Å²) in [5.41, 5.74) is 5.87. The summed E-state index contributed by atoms with van der Waals surface area (Å²) < 4.78 is 1.77. The van der Waals surface area contributed by atoms with Gasteiger partial charge in [0.05, 0.1) is 35.5 Å². The van der Waals surface area contributed by atoms with E-state index in [-0.39, 0.29) is 12.5 Å². The third kappa shape index (κ3) is 4.96. The van der Waals surface area contributed by atoms with E-state index in [1.54, 1.807) is 24.6 Å². The highest BCUT2D eigenvalue weighted by Gasteiger charge is 2.25. The number of hydrogen-bond donors (Lipinski definition) is 4. The molecule has 4 N–H and O–H groups in total. The van der Waals surface area contributed by atoms with Crippen LogP contribution in [-0.4, -0.2) is 48.9 Å². The Morgan fingerprint density at radius 3 is 2.64 bits per heavy atom. The van der Waals surface area contributed by atoms with Gasteiger partial charge >= 0.3 is 0 Å². The lowest BCUT2D eigenvalue weighted by molar-refractivity contribution is 0.0940. The maximum absolute atomic E-state index is 12.6. The van der Waals surface area contributed by atoms with Gasteiger partial charge in [0.1, 0.15) is 0 Å². The van der Waals surface area contributed by atoms with Gasteiger partial charge in [0.15, 0.2) is 5.65 Å². The number of carbonyl (C=O) groups excluding carboxylic acids is 1. The standard InChI is InChI=1S/C28H31N5O3/c1-17-12-18(8-11-21(17)27(35)31-20-9-10-20)25-14-29-26-24(30-16-28(2,3)36)13-23(32-33(25)26)22-7-5-4-6-19(22)15-34/h4-8,11-14,20,30,34,36H,9-10,15-16H2,1-3H3,(H,31,35). The molecule has 1 fully saturated rings. The molecule has 1 aliphatic rings. The second kappa shape index (κ2) is 9.37. The molecule has 0 saturated heterocycles. The highest BCUT2D eigenvalue weighted by molar-refractivity contribution is 5.96. The molecule has 186 valence electrons. The first-order valence-electron chi connectivity index (χ1n) is 12.2. The highest BCUT2D eigenvalue weighted by Crippen LogP contribution is 2.31. The van der Waals surface area contributed by atoms with Gasteiger partial charge in [-0.05, 0) is 62.9 Å². The summed E-state index contributed by atoms with van der Waals surface area (Å²) in [5.74, 6) is -0.0428. The number of benzene rings is 2. The molecule has 0 spiro atoms. The Bertz CT molecular complexity index is 1430. The van der Waals surface area contributed by atoms with Crippen molar-refractivity contribution >= 4 is 17.2 Å². The van der Waals surface area contributed by atoms with Gasteiger partial charge in [0.25, 0.3) is 5.91 Å². The second-order valence-electron chi connectivity index (χ2n) is 10.1. The van der Waals surface area contributed by atoms with E-state index < -0.39 is 5.60 Å². The molecule has 8 nitrogen and oxygen atoms in total. The predicted octanol–water partition coefficient (Wildman–Crippen LogP) is 3.94. The van der Waals surface area contributed by atoms with Crippen LogP contribution in [-0.2, 0) is 6.61 Å². The molecular formula is C28H31N5O3. The first-order valence-corrected chi connectivity index (χ1v) is 12.2. The summed E-state index contributed by atoms with van der Waals surface area (Å²) in [5, 5.41) is 31.4. The summed E-state index contributed by atoms with van der Waals surface area (Å²) in [4.78, 5) is 17.2. The zero-order chi connectivity index (χ0) is 25.4. The van der Waals surface area contributed by atoms with Crippen molar-refractivity contribution in [2.45, 2.75) is 51.9 Å². The van der Waals surface area contributed by atoms with E-state index in [4.69, 9.17) is 5.10 Å². The Labute approximate surface area is 210 Å². The quantitative estimate of drug-likeness (QED) is 0.301. The molecule has 0 atom stereocenters. The molecule has 5 rings (SSSR count). The van der Waals surface area contributed by atoms with Crippen LogP contribution in [0, 0.1) is 6.92 Å². The van der Waals surface area contributed by atoms with Crippen molar-refractivity contribution in [3.8, 4) is 22.5 Å². The van der Waals surface area contributed by atoms with Crippen molar-refractivity contribution in [3.05, 3.63) is 71.4 Å². The minimum atomic E-state index is -0.924. The first-order chi connectivity index (χ1) is 17.2. The smallest absolute Gasteiger partial charge is 0.251 e. The fourth-order valence-corrected chi connectivity index (χ4v) is 4.22. The fraction of sp³-hybridized carbons (Fsp3) is 0.321. The summed E-state index contributed by atoms with van der Waals surface area (Å²) in [7, 11) is 0. The predicted molar refractivity (Wildman–Crippen MR) is 140 cm³/mol. The van der Waals surface area contributed by atoms with Gasteiger partial charge in [-0.1, -0.05) is 30.3 Å². The Hall–Kier alpha value is -3.75. The molecule has 1 saturated carbocycles. The Morgan fingerprint density at radius 1 is 1.17 bits per heavy atom. The normalized spacial score (nSPS) is 13.7. The zero-order valence-corrected chi connectivity index (χ0v) is 20.7. The fourth-order valence-electron chi connectivity index (χ4n) is 4.22. The molecule has 4 aromatic rings. The number of aliphatic hydroxyl groups excluding tert-OH is 1. The van der Waals surface area contributed by atoms with Gasteiger partial charge in [-0.25, -0.2) is 9.50 Å². The van der Waals surface area contributed by atoms with Gasteiger partial charge in [0.2, 0.25) is 0 Å². The maximum Gasteiger partial charge on any atom is 0.251 e. The van der Waals surface area contributed by atoms with Crippen molar-refractivity contribution in [2.24, 2.45) is 0 Å². The molecule has 2 aromatic carbocycles. The van der Waals surface area contributed by atoms with Crippen molar-refractivity contribution in [3.63, 3.8) is 0 Å². The molecule has 0 radical (unpaired) electrons. The molecule has 0 bridgehead atoms.